The Labute approximate surface area is 182 Å². The Balaban J connectivity index is 1.92. The molecule has 174 valence electrons. The number of benzene rings is 2. The highest BCUT2D eigenvalue weighted by Crippen LogP contribution is 2.32. The third-order valence-corrected chi connectivity index (χ3v) is 7.28. The zero-order valence-electron chi connectivity index (χ0n) is 17.3. The highest BCUT2D eigenvalue weighted by atomic mass is 32.2. The average molecular weight is 474 g/mol. The third kappa shape index (κ3) is 4.79. The fourth-order valence-electron chi connectivity index (χ4n) is 3.51. The van der Waals surface area contributed by atoms with Crippen molar-refractivity contribution >= 4 is 21.6 Å². The van der Waals surface area contributed by atoms with Gasteiger partial charge in [-0.25, -0.2) is 26.0 Å². The fourth-order valence-corrected chi connectivity index (χ4v) is 5.25. The van der Waals surface area contributed by atoms with Gasteiger partial charge in [-0.1, -0.05) is 13.8 Å². The maximum absolute atomic E-state index is 14.5. The second-order valence-corrected chi connectivity index (χ2v) is 10.2. The lowest BCUT2D eigenvalue weighted by atomic mass is 9.85. The lowest BCUT2D eigenvalue weighted by Crippen LogP contribution is -2.41. The normalized spacial score (nSPS) is 19.4. The van der Waals surface area contributed by atoms with Gasteiger partial charge in [0.05, 0.1) is 6.10 Å². The SMILES string of the molecule is CC1(C)CN(S(=O)(=O)c2cc(C(=O)Nc3cc(F)c(F)c(F)c3)ccc2F)CCCC1O. The van der Waals surface area contributed by atoms with Gasteiger partial charge in [0.1, 0.15) is 10.7 Å². The quantitative estimate of drug-likeness (QED) is 0.523. The van der Waals surface area contributed by atoms with Gasteiger partial charge in [-0.3, -0.25) is 4.79 Å². The minimum absolute atomic E-state index is 0.0551. The van der Waals surface area contributed by atoms with Gasteiger partial charge in [-0.2, -0.15) is 4.31 Å². The van der Waals surface area contributed by atoms with E-state index in [1.807, 2.05) is 0 Å². The van der Waals surface area contributed by atoms with E-state index in [1.54, 1.807) is 13.8 Å². The Morgan fingerprint density at radius 2 is 1.72 bits per heavy atom. The van der Waals surface area contributed by atoms with Crippen molar-refractivity contribution in [2.45, 2.75) is 37.7 Å². The summed E-state index contributed by atoms with van der Waals surface area (Å²) in [6.07, 6.45) is 0.0170. The summed E-state index contributed by atoms with van der Waals surface area (Å²) in [4.78, 5) is 11.7. The summed E-state index contributed by atoms with van der Waals surface area (Å²) in [5.41, 5.74) is -1.46. The van der Waals surface area contributed by atoms with E-state index >= 15 is 0 Å². The molecule has 1 heterocycles. The van der Waals surface area contributed by atoms with Gasteiger partial charge in [-0.05, 0) is 31.0 Å². The van der Waals surface area contributed by atoms with E-state index < -0.39 is 61.3 Å². The maximum atomic E-state index is 14.5. The predicted molar refractivity (Wildman–Crippen MR) is 108 cm³/mol. The molecule has 3 rings (SSSR count). The van der Waals surface area contributed by atoms with Crippen molar-refractivity contribution in [1.82, 2.24) is 4.31 Å². The number of nitrogens with zero attached hydrogens (tertiary/aromatic N) is 1. The smallest absolute Gasteiger partial charge is 0.255 e. The minimum atomic E-state index is -4.36. The molecular weight excluding hydrogens is 452 g/mol. The largest absolute Gasteiger partial charge is 0.393 e. The number of sulfonamides is 1. The molecule has 0 saturated carbocycles. The van der Waals surface area contributed by atoms with Crippen molar-refractivity contribution in [3.63, 3.8) is 0 Å². The van der Waals surface area contributed by atoms with Crippen LogP contribution in [0.15, 0.2) is 35.2 Å². The van der Waals surface area contributed by atoms with Crippen molar-refractivity contribution in [2.75, 3.05) is 18.4 Å². The Kier molecular flexibility index (Phi) is 6.64. The van der Waals surface area contributed by atoms with Gasteiger partial charge >= 0.3 is 0 Å². The predicted octanol–water partition coefficient (Wildman–Crippen LogP) is 3.67. The molecule has 1 fully saturated rings. The monoisotopic (exact) mass is 474 g/mol. The number of carbonyl (C=O) groups excluding carboxylic acids is 1. The Morgan fingerprint density at radius 3 is 2.34 bits per heavy atom. The molecule has 32 heavy (non-hydrogen) atoms. The van der Waals surface area contributed by atoms with Crippen LogP contribution < -0.4 is 5.32 Å². The Bertz CT molecular complexity index is 1130. The number of aliphatic hydroxyl groups is 1. The van der Waals surface area contributed by atoms with E-state index in [2.05, 4.69) is 5.32 Å². The van der Waals surface area contributed by atoms with Crippen molar-refractivity contribution in [3.8, 4) is 0 Å². The first-order chi connectivity index (χ1) is 14.8. The molecule has 2 aromatic rings. The molecule has 1 unspecified atom stereocenters. The number of aliphatic hydroxyl groups excluding tert-OH is 1. The van der Waals surface area contributed by atoms with Crippen LogP contribution in [0.2, 0.25) is 0 Å². The molecular formula is C21H22F4N2O4S. The van der Waals surface area contributed by atoms with E-state index in [0.717, 1.165) is 22.5 Å². The third-order valence-electron chi connectivity index (χ3n) is 5.42. The summed E-state index contributed by atoms with van der Waals surface area (Å²) in [5, 5.41) is 12.3. The minimum Gasteiger partial charge on any atom is -0.393 e. The number of anilines is 1. The zero-order chi connectivity index (χ0) is 23.8. The van der Waals surface area contributed by atoms with Crippen LogP contribution in [0, 0.1) is 28.7 Å². The first kappa shape index (κ1) is 24.1. The number of nitrogens with one attached hydrogen (secondary N) is 1. The maximum Gasteiger partial charge on any atom is 0.255 e. The van der Waals surface area contributed by atoms with Gasteiger partial charge in [0.15, 0.2) is 17.5 Å². The van der Waals surface area contributed by atoms with Gasteiger partial charge in [0, 0.05) is 41.9 Å². The summed E-state index contributed by atoms with van der Waals surface area (Å²) in [7, 11) is -4.36. The van der Waals surface area contributed by atoms with Crippen LogP contribution in [0.25, 0.3) is 0 Å². The summed E-state index contributed by atoms with van der Waals surface area (Å²) in [5.74, 6) is -6.80. The molecule has 0 aromatic heterocycles. The fraction of sp³-hybridized carbons (Fsp3) is 0.381. The van der Waals surface area contributed by atoms with Crippen LogP contribution in [0.4, 0.5) is 23.2 Å². The second-order valence-electron chi connectivity index (χ2n) is 8.34. The second kappa shape index (κ2) is 8.80. The number of halogens is 4. The number of amides is 1. The van der Waals surface area contributed by atoms with Gasteiger partial charge in [0.2, 0.25) is 10.0 Å². The lowest BCUT2D eigenvalue weighted by molar-refractivity contribution is 0.0454. The molecule has 0 bridgehead atoms. The first-order valence-electron chi connectivity index (χ1n) is 9.76. The van der Waals surface area contributed by atoms with Crippen LogP contribution >= 0.6 is 0 Å². The Hall–Kier alpha value is -2.50. The molecule has 1 atom stereocenters. The van der Waals surface area contributed by atoms with Gasteiger partial charge in [-0.15, -0.1) is 0 Å². The molecule has 6 nitrogen and oxygen atoms in total. The van der Waals surface area contributed by atoms with Crippen molar-refractivity contribution < 1.29 is 35.9 Å². The molecule has 0 spiro atoms. The summed E-state index contributed by atoms with van der Waals surface area (Å²) >= 11 is 0. The summed E-state index contributed by atoms with van der Waals surface area (Å²) < 4.78 is 81.7. The van der Waals surface area contributed by atoms with E-state index in [1.165, 1.54) is 0 Å². The van der Waals surface area contributed by atoms with E-state index in [-0.39, 0.29) is 18.7 Å². The summed E-state index contributed by atoms with van der Waals surface area (Å²) in [6, 6.07) is 3.75. The van der Waals surface area contributed by atoms with E-state index in [4.69, 9.17) is 0 Å². The molecule has 2 aromatic carbocycles. The molecule has 1 aliphatic rings. The molecule has 1 aliphatic heterocycles. The van der Waals surface area contributed by atoms with Crippen LogP contribution in [-0.4, -0.2) is 42.9 Å². The standard InChI is InChI=1S/C21H22F4N2O4S/c1-21(2)11-27(7-3-4-18(21)28)32(30,31)17-8-12(5-6-14(17)22)20(29)26-13-9-15(23)19(25)16(24)10-13/h5-6,8-10,18,28H,3-4,7,11H2,1-2H3,(H,26,29). The van der Waals surface area contributed by atoms with Gasteiger partial charge in [0.25, 0.3) is 5.91 Å². The highest BCUT2D eigenvalue weighted by Gasteiger charge is 2.38. The van der Waals surface area contributed by atoms with Crippen LogP contribution in [0.1, 0.15) is 37.0 Å². The van der Waals surface area contributed by atoms with Crippen LogP contribution in [0.5, 0.6) is 0 Å². The van der Waals surface area contributed by atoms with Gasteiger partial charge < -0.3 is 10.4 Å². The molecule has 1 amide bonds. The molecule has 0 aliphatic carbocycles. The lowest BCUT2D eigenvalue weighted by Gasteiger charge is -2.32. The van der Waals surface area contributed by atoms with Crippen LogP contribution in [-0.2, 0) is 10.0 Å². The van der Waals surface area contributed by atoms with Crippen molar-refractivity contribution in [2.24, 2.45) is 5.41 Å². The first-order valence-corrected chi connectivity index (χ1v) is 11.2. The molecule has 0 radical (unpaired) electrons. The molecule has 2 N–H and O–H groups in total. The number of carbonyl (C=O) groups is 1. The number of hydrogen-bond acceptors (Lipinski definition) is 4. The van der Waals surface area contributed by atoms with E-state index in [9.17, 15) is 35.9 Å². The molecule has 1 saturated heterocycles. The topological polar surface area (TPSA) is 86.7 Å². The van der Waals surface area contributed by atoms with Crippen LogP contribution in [0.3, 0.4) is 0 Å². The highest BCUT2D eigenvalue weighted by molar-refractivity contribution is 7.89. The van der Waals surface area contributed by atoms with Crippen molar-refractivity contribution in [3.05, 3.63) is 59.2 Å². The van der Waals surface area contributed by atoms with E-state index in [0.29, 0.717) is 25.0 Å². The summed E-state index contributed by atoms with van der Waals surface area (Å²) in [6.45, 7) is 3.41. The van der Waals surface area contributed by atoms with Crippen molar-refractivity contribution in [1.29, 1.82) is 0 Å². The number of hydrogen-bond donors (Lipinski definition) is 2. The number of rotatable bonds is 4. The molecule has 11 heteroatoms. The average Bonchev–Trinajstić information content (AvgIpc) is 2.84. The zero-order valence-corrected chi connectivity index (χ0v) is 18.1. The Morgan fingerprint density at radius 1 is 1.09 bits per heavy atom.